The maximum Gasteiger partial charge on any atom is 0.238 e. The van der Waals surface area contributed by atoms with Crippen molar-refractivity contribution in [2.24, 2.45) is 5.14 Å². The van der Waals surface area contributed by atoms with Gasteiger partial charge >= 0.3 is 0 Å². The van der Waals surface area contributed by atoms with E-state index in [0.29, 0.717) is 5.56 Å². The van der Waals surface area contributed by atoms with Gasteiger partial charge in [-0.3, -0.25) is 0 Å². The minimum atomic E-state index is -3.73. The molecular weight excluding hydrogens is 394 g/mol. The number of nitrogens with two attached hydrogens (primary N) is 1. The van der Waals surface area contributed by atoms with Crippen molar-refractivity contribution in [2.75, 3.05) is 0 Å². The second-order valence-electron chi connectivity index (χ2n) is 7.00. The van der Waals surface area contributed by atoms with Crippen molar-refractivity contribution in [1.82, 2.24) is 4.57 Å². The van der Waals surface area contributed by atoms with E-state index in [9.17, 15) is 8.42 Å². The van der Waals surface area contributed by atoms with Gasteiger partial charge in [0.2, 0.25) is 10.0 Å². The van der Waals surface area contributed by atoms with E-state index in [1.54, 1.807) is 18.2 Å². The van der Waals surface area contributed by atoms with Crippen LogP contribution in [0, 0.1) is 18.3 Å². The number of primary sulfonamides is 1. The Morgan fingerprint density at radius 1 is 0.833 bits per heavy atom. The molecule has 0 bridgehead atoms. The van der Waals surface area contributed by atoms with Crippen LogP contribution in [0.2, 0.25) is 0 Å². The standard InChI is InChI=1S/C24H19N3O2S/c1-17-5-14-24(27(17)22-10-12-23(13-11-22)30(26,28)29)20-8-6-19(7-9-20)21-4-2-3-18(15-21)16-25/h2-15H,1H3,(H2,26,28,29). The number of benzene rings is 3. The molecule has 0 radical (unpaired) electrons. The van der Waals surface area contributed by atoms with Gasteiger partial charge in [-0.05, 0) is 72.1 Å². The quantitative estimate of drug-likeness (QED) is 0.529. The second kappa shape index (κ2) is 7.64. The molecule has 0 amide bonds. The maximum absolute atomic E-state index is 11.5. The molecular formula is C24H19N3O2S. The van der Waals surface area contributed by atoms with E-state index < -0.39 is 10.0 Å². The molecule has 0 aliphatic carbocycles. The van der Waals surface area contributed by atoms with E-state index in [1.807, 2.05) is 61.5 Å². The molecule has 4 aromatic rings. The third-order valence-corrected chi connectivity index (χ3v) is 5.93. The largest absolute Gasteiger partial charge is 0.314 e. The van der Waals surface area contributed by atoms with Gasteiger partial charge in [0, 0.05) is 11.4 Å². The topological polar surface area (TPSA) is 88.9 Å². The molecule has 1 heterocycles. The number of sulfonamides is 1. The molecule has 0 spiro atoms. The summed E-state index contributed by atoms with van der Waals surface area (Å²) in [6.07, 6.45) is 0. The van der Waals surface area contributed by atoms with Gasteiger partial charge in [-0.1, -0.05) is 36.4 Å². The molecule has 0 saturated heterocycles. The van der Waals surface area contributed by atoms with Crippen molar-refractivity contribution in [3.63, 3.8) is 0 Å². The number of aromatic nitrogens is 1. The Labute approximate surface area is 175 Å². The van der Waals surface area contributed by atoms with Gasteiger partial charge in [0.1, 0.15) is 0 Å². The highest BCUT2D eigenvalue weighted by atomic mass is 32.2. The predicted molar refractivity (Wildman–Crippen MR) is 117 cm³/mol. The van der Waals surface area contributed by atoms with Gasteiger partial charge in [0.25, 0.3) is 0 Å². The highest BCUT2D eigenvalue weighted by Crippen LogP contribution is 2.29. The molecule has 0 unspecified atom stereocenters. The Kier molecular flexibility index (Phi) is 5.00. The van der Waals surface area contributed by atoms with Gasteiger partial charge < -0.3 is 4.57 Å². The van der Waals surface area contributed by atoms with E-state index in [2.05, 4.69) is 10.6 Å². The molecule has 1 aromatic heterocycles. The Hall–Kier alpha value is -3.66. The normalized spacial score (nSPS) is 11.2. The fraction of sp³-hybridized carbons (Fsp3) is 0.0417. The zero-order chi connectivity index (χ0) is 21.3. The van der Waals surface area contributed by atoms with Crippen molar-refractivity contribution in [1.29, 1.82) is 5.26 Å². The van der Waals surface area contributed by atoms with Gasteiger partial charge in [-0.15, -0.1) is 0 Å². The zero-order valence-corrected chi connectivity index (χ0v) is 17.1. The first-order chi connectivity index (χ1) is 14.4. The Bertz CT molecular complexity index is 1360. The minimum absolute atomic E-state index is 0.0848. The average Bonchev–Trinajstić information content (AvgIpc) is 3.14. The summed E-state index contributed by atoms with van der Waals surface area (Å²) < 4.78 is 25.1. The molecule has 0 atom stereocenters. The number of rotatable bonds is 4. The lowest BCUT2D eigenvalue weighted by Crippen LogP contribution is -2.12. The lowest BCUT2D eigenvalue weighted by Gasteiger charge is -2.13. The molecule has 0 fully saturated rings. The van der Waals surface area contributed by atoms with Crippen LogP contribution in [0.4, 0.5) is 0 Å². The first-order valence-electron chi connectivity index (χ1n) is 9.29. The minimum Gasteiger partial charge on any atom is -0.314 e. The third kappa shape index (κ3) is 3.77. The highest BCUT2D eigenvalue weighted by Gasteiger charge is 2.12. The van der Waals surface area contributed by atoms with E-state index >= 15 is 0 Å². The van der Waals surface area contributed by atoms with E-state index in [1.165, 1.54) is 12.1 Å². The third-order valence-electron chi connectivity index (χ3n) is 5.01. The van der Waals surface area contributed by atoms with Crippen LogP contribution in [0.1, 0.15) is 11.3 Å². The van der Waals surface area contributed by atoms with Crippen molar-refractivity contribution < 1.29 is 8.42 Å². The maximum atomic E-state index is 11.5. The van der Waals surface area contributed by atoms with Gasteiger partial charge in [0.15, 0.2) is 0 Å². The van der Waals surface area contributed by atoms with Crippen LogP contribution >= 0.6 is 0 Å². The first-order valence-corrected chi connectivity index (χ1v) is 10.8. The molecule has 2 N–H and O–H groups in total. The number of hydrogen-bond donors (Lipinski definition) is 1. The zero-order valence-electron chi connectivity index (χ0n) is 16.3. The van der Waals surface area contributed by atoms with Crippen molar-refractivity contribution in [3.8, 4) is 34.1 Å². The fourth-order valence-electron chi connectivity index (χ4n) is 3.49. The molecule has 148 valence electrons. The first kappa shape index (κ1) is 19.6. The number of hydrogen-bond acceptors (Lipinski definition) is 3. The summed E-state index contributed by atoms with van der Waals surface area (Å²) in [6.45, 7) is 2.00. The van der Waals surface area contributed by atoms with E-state index in [-0.39, 0.29) is 4.90 Å². The summed E-state index contributed by atoms with van der Waals surface area (Å²) >= 11 is 0. The van der Waals surface area contributed by atoms with Crippen LogP contribution in [0.5, 0.6) is 0 Å². The van der Waals surface area contributed by atoms with Crippen molar-refractivity contribution >= 4 is 10.0 Å². The Balaban J connectivity index is 1.72. The van der Waals surface area contributed by atoms with Gasteiger partial charge in [-0.25, -0.2) is 13.6 Å². The molecule has 4 rings (SSSR count). The summed E-state index contributed by atoms with van der Waals surface area (Å²) in [7, 11) is -3.73. The van der Waals surface area contributed by atoms with Gasteiger partial charge in [0.05, 0.1) is 22.2 Å². The molecule has 0 aliphatic heterocycles. The molecule has 6 heteroatoms. The molecule has 30 heavy (non-hydrogen) atoms. The number of aryl methyl sites for hydroxylation is 1. The van der Waals surface area contributed by atoms with Crippen molar-refractivity contribution in [3.05, 3.63) is 96.2 Å². The molecule has 3 aromatic carbocycles. The van der Waals surface area contributed by atoms with Crippen LogP contribution in [0.3, 0.4) is 0 Å². The SMILES string of the molecule is Cc1ccc(-c2ccc(-c3cccc(C#N)c3)cc2)n1-c1ccc(S(N)(=O)=O)cc1. The highest BCUT2D eigenvalue weighted by molar-refractivity contribution is 7.89. The average molecular weight is 414 g/mol. The van der Waals surface area contributed by atoms with Crippen LogP contribution in [-0.2, 0) is 10.0 Å². The summed E-state index contributed by atoms with van der Waals surface area (Å²) in [4.78, 5) is 0.0848. The summed E-state index contributed by atoms with van der Waals surface area (Å²) in [5.74, 6) is 0. The van der Waals surface area contributed by atoms with Crippen LogP contribution in [0.15, 0.2) is 89.8 Å². The second-order valence-corrected chi connectivity index (χ2v) is 8.57. The number of nitrogens with zero attached hydrogens (tertiary/aromatic N) is 2. The monoisotopic (exact) mass is 413 g/mol. The van der Waals surface area contributed by atoms with E-state index in [4.69, 9.17) is 10.4 Å². The fourth-order valence-corrected chi connectivity index (χ4v) is 4.01. The summed E-state index contributed by atoms with van der Waals surface area (Å²) in [5.41, 5.74) is 6.55. The lowest BCUT2D eigenvalue weighted by molar-refractivity contribution is 0.598. The lowest BCUT2D eigenvalue weighted by atomic mass is 10.0. The van der Waals surface area contributed by atoms with Crippen LogP contribution in [0.25, 0.3) is 28.1 Å². The number of nitriles is 1. The summed E-state index contributed by atoms with van der Waals surface area (Å²) in [5, 5.41) is 14.3. The molecule has 0 saturated carbocycles. The molecule has 5 nitrogen and oxygen atoms in total. The Morgan fingerprint density at radius 3 is 2.13 bits per heavy atom. The predicted octanol–water partition coefficient (Wildman–Crippen LogP) is 4.64. The smallest absolute Gasteiger partial charge is 0.238 e. The van der Waals surface area contributed by atoms with E-state index in [0.717, 1.165) is 33.8 Å². The Morgan fingerprint density at radius 2 is 1.50 bits per heavy atom. The van der Waals surface area contributed by atoms with Crippen LogP contribution in [-0.4, -0.2) is 13.0 Å². The van der Waals surface area contributed by atoms with Crippen LogP contribution < -0.4 is 5.14 Å². The summed E-state index contributed by atoms with van der Waals surface area (Å²) in [6, 6.07) is 28.4. The van der Waals surface area contributed by atoms with Crippen molar-refractivity contribution in [2.45, 2.75) is 11.8 Å². The van der Waals surface area contributed by atoms with Gasteiger partial charge in [-0.2, -0.15) is 5.26 Å². The molecule has 0 aliphatic rings.